The summed E-state index contributed by atoms with van der Waals surface area (Å²) in [5, 5.41) is 19.9. The molecule has 2 heterocycles. The molecule has 2 aromatic carbocycles. The number of sulfone groups is 1. The van der Waals surface area contributed by atoms with Crippen molar-refractivity contribution in [3.63, 3.8) is 0 Å². The van der Waals surface area contributed by atoms with Crippen LogP contribution in [0, 0.1) is 40.9 Å². The van der Waals surface area contributed by atoms with Crippen LogP contribution in [-0.2, 0) is 14.6 Å². The lowest BCUT2D eigenvalue weighted by Crippen LogP contribution is -2.40. The molecule has 0 bridgehead atoms. The number of carbonyl (C=O) groups is 1. The van der Waals surface area contributed by atoms with Crippen molar-refractivity contribution < 1.29 is 13.2 Å². The van der Waals surface area contributed by atoms with Crippen molar-refractivity contribution in [2.45, 2.75) is 57.8 Å². The molecular weight excluding hydrogens is 565 g/mol. The Hall–Kier alpha value is -3.53. The van der Waals surface area contributed by atoms with Gasteiger partial charge in [-0.3, -0.25) is 4.79 Å². The molecule has 3 aliphatic rings. The highest BCUT2D eigenvalue weighted by Gasteiger charge is 2.47. The topological polar surface area (TPSA) is 115 Å². The van der Waals surface area contributed by atoms with Crippen molar-refractivity contribution in [3.8, 4) is 33.2 Å². The van der Waals surface area contributed by atoms with E-state index in [1.807, 2.05) is 25.1 Å². The summed E-state index contributed by atoms with van der Waals surface area (Å²) in [6.45, 7) is 2.98. The van der Waals surface area contributed by atoms with Crippen LogP contribution in [0.3, 0.4) is 0 Å². The van der Waals surface area contributed by atoms with E-state index >= 15 is 0 Å². The van der Waals surface area contributed by atoms with Gasteiger partial charge in [0.15, 0.2) is 9.84 Å². The zero-order valence-corrected chi connectivity index (χ0v) is 25.4. The van der Waals surface area contributed by atoms with Gasteiger partial charge >= 0.3 is 0 Å². The first-order valence-corrected chi connectivity index (χ1v) is 17.4. The van der Waals surface area contributed by atoms with Gasteiger partial charge in [0.05, 0.1) is 45.2 Å². The number of thiazole rings is 1. The van der Waals surface area contributed by atoms with E-state index in [1.54, 1.807) is 11.3 Å². The summed E-state index contributed by atoms with van der Waals surface area (Å²) < 4.78 is 23.8. The molecule has 0 unspecified atom stereocenters. The lowest BCUT2D eigenvalue weighted by atomic mass is 9.73. The van der Waals surface area contributed by atoms with Gasteiger partial charge in [-0.05, 0) is 68.0 Å². The molecule has 1 saturated heterocycles. The standard InChI is InChI=1S/C33H34N4O3S2/c1-22-18-23(20-34)6-11-26(22)32-36-30(28-5-3-2-4-27(28)29(38)19-33(21-35)12-13-33)31(41-32)24-7-9-25(10-8-24)37-14-16-42(39,40)17-15-37/h6-11,18,27-28H,2-5,12-17,19H2,1H3/t27-,28-/m1/s1. The zero-order chi connectivity index (χ0) is 29.5. The molecule has 9 heteroatoms. The Bertz CT molecular complexity index is 1690. The number of nitriles is 2. The van der Waals surface area contributed by atoms with E-state index in [0.717, 1.165) is 76.5 Å². The Morgan fingerprint density at radius 3 is 2.43 bits per heavy atom. The number of nitrogens with zero attached hydrogens (tertiary/aromatic N) is 4. The fourth-order valence-corrected chi connectivity index (χ4v) is 8.89. The van der Waals surface area contributed by atoms with Crippen LogP contribution in [0.25, 0.3) is 21.0 Å². The zero-order valence-electron chi connectivity index (χ0n) is 23.8. The predicted octanol–water partition coefficient (Wildman–Crippen LogP) is 6.43. The van der Waals surface area contributed by atoms with Crippen molar-refractivity contribution in [2.24, 2.45) is 11.3 Å². The third-order valence-electron chi connectivity index (χ3n) is 9.21. The monoisotopic (exact) mass is 598 g/mol. The summed E-state index contributed by atoms with van der Waals surface area (Å²) in [6, 6.07) is 18.5. The van der Waals surface area contributed by atoms with E-state index in [0.29, 0.717) is 25.1 Å². The van der Waals surface area contributed by atoms with Crippen molar-refractivity contribution >= 4 is 32.6 Å². The molecule has 2 saturated carbocycles. The number of aryl methyl sites for hydroxylation is 1. The van der Waals surface area contributed by atoms with Crippen LogP contribution in [0.2, 0.25) is 0 Å². The second-order valence-electron chi connectivity index (χ2n) is 12.1. The minimum absolute atomic E-state index is 0.00796. The third kappa shape index (κ3) is 5.73. The maximum Gasteiger partial charge on any atom is 0.153 e. The number of ketones is 1. The summed E-state index contributed by atoms with van der Waals surface area (Å²) >= 11 is 1.62. The highest BCUT2D eigenvalue weighted by atomic mass is 32.2. The number of hydrogen-bond donors (Lipinski definition) is 0. The quantitative estimate of drug-likeness (QED) is 0.308. The predicted molar refractivity (Wildman–Crippen MR) is 165 cm³/mol. The first kappa shape index (κ1) is 28.6. The Labute approximate surface area is 251 Å². The molecule has 1 aromatic heterocycles. The Morgan fingerprint density at radius 1 is 1.07 bits per heavy atom. The number of carbonyl (C=O) groups excluding carboxylic acids is 1. The number of benzene rings is 2. The molecule has 7 nitrogen and oxygen atoms in total. The van der Waals surface area contributed by atoms with E-state index in [1.165, 1.54) is 0 Å². The largest absolute Gasteiger partial charge is 0.369 e. The Kier molecular flexibility index (Phi) is 7.68. The summed E-state index contributed by atoms with van der Waals surface area (Å²) in [7, 11) is -2.96. The minimum atomic E-state index is -2.96. The maximum absolute atomic E-state index is 13.7. The first-order valence-electron chi connectivity index (χ1n) is 14.7. The van der Waals surface area contributed by atoms with Crippen LogP contribution in [-0.4, -0.2) is 43.8 Å². The van der Waals surface area contributed by atoms with Gasteiger partial charge in [-0.15, -0.1) is 11.3 Å². The summed E-state index contributed by atoms with van der Waals surface area (Å²) in [4.78, 5) is 22.1. The number of aromatic nitrogens is 1. The van der Waals surface area contributed by atoms with Gasteiger partial charge in [-0.25, -0.2) is 13.4 Å². The maximum atomic E-state index is 13.7. The number of anilines is 1. The highest BCUT2D eigenvalue weighted by Crippen LogP contribution is 2.52. The first-order chi connectivity index (χ1) is 20.2. The minimum Gasteiger partial charge on any atom is -0.369 e. The van der Waals surface area contributed by atoms with Crippen LogP contribution >= 0.6 is 11.3 Å². The van der Waals surface area contributed by atoms with Crippen molar-refractivity contribution in [3.05, 3.63) is 59.3 Å². The smallest absolute Gasteiger partial charge is 0.153 e. The van der Waals surface area contributed by atoms with Gasteiger partial charge in [-0.2, -0.15) is 10.5 Å². The highest BCUT2D eigenvalue weighted by molar-refractivity contribution is 7.91. The molecule has 216 valence electrons. The normalized spacial score (nSPS) is 22.6. The van der Waals surface area contributed by atoms with E-state index < -0.39 is 15.3 Å². The average Bonchev–Trinajstić information content (AvgIpc) is 3.64. The fourth-order valence-electron chi connectivity index (χ4n) is 6.46. The molecule has 2 aliphatic carbocycles. The second-order valence-corrected chi connectivity index (χ2v) is 15.4. The van der Waals surface area contributed by atoms with Crippen molar-refractivity contribution in [2.75, 3.05) is 29.5 Å². The summed E-state index contributed by atoms with van der Waals surface area (Å²) in [5.41, 5.74) is 5.10. The van der Waals surface area contributed by atoms with E-state index in [4.69, 9.17) is 4.98 Å². The van der Waals surface area contributed by atoms with Crippen LogP contribution in [0.5, 0.6) is 0 Å². The molecule has 0 spiro atoms. The molecule has 0 amide bonds. The summed E-state index contributed by atoms with van der Waals surface area (Å²) in [5.74, 6) is 0.390. The van der Waals surface area contributed by atoms with Gasteiger partial charge in [0.1, 0.15) is 10.8 Å². The van der Waals surface area contributed by atoms with Gasteiger partial charge in [0.2, 0.25) is 0 Å². The average molecular weight is 599 g/mol. The van der Waals surface area contributed by atoms with Crippen molar-refractivity contribution in [1.29, 1.82) is 10.5 Å². The molecule has 3 fully saturated rings. The van der Waals surface area contributed by atoms with E-state index in [-0.39, 0.29) is 29.1 Å². The molecule has 1 aliphatic heterocycles. The Morgan fingerprint density at radius 2 is 1.79 bits per heavy atom. The third-order valence-corrected chi connectivity index (χ3v) is 12.0. The second kappa shape index (κ2) is 11.3. The SMILES string of the molecule is Cc1cc(C#N)ccc1-c1nc([C@@H]2CCCC[C@H]2C(=O)CC2(C#N)CC2)c(-c2ccc(N3CCS(=O)(=O)CC3)cc2)s1. The van der Waals surface area contributed by atoms with Gasteiger partial charge in [0.25, 0.3) is 0 Å². The molecule has 2 atom stereocenters. The van der Waals surface area contributed by atoms with E-state index in [2.05, 4.69) is 41.3 Å². The van der Waals surface area contributed by atoms with Gasteiger partial charge in [0, 0.05) is 42.6 Å². The van der Waals surface area contributed by atoms with E-state index in [9.17, 15) is 23.7 Å². The summed E-state index contributed by atoms with van der Waals surface area (Å²) in [6.07, 6.45) is 5.72. The van der Waals surface area contributed by atoms with Crippen LogP contribution in [0.15, 0.2) is 42.5 Å². The van der Waals surface area contributed by atoms with Crippen molar-refractivity contribution in [1.82, 2.24) is 4.98 Å². The number of rotatable bonds is 7. The molecule has 6 rings (SSSR count). The molecule has 0 N–H and O–H groups in total. The molecule has 42 heavy (non-hydrogen) atoms. The van der Waals surface area contributed by atoms with Crippen LogP contribution in [0.4, 0.5) is 5.69 Å². The number of Topliss-reactive ketones (excluding diaryl/α,β-unsaturated/α-hetero) is 1. The van der Waals surface area contributed by atoms with Gasteiger partial charge < -0.3 is 4.90 Å². The number of hydrogen-bond acceptors (Lipinski definition) is 8. The van der Waals surface area contributed by atoms with Crippen LogP contribution < -0.4 is 4.90 Å². The Balaban J connectivity index is 1.37. The van der Waals surface area contributed by atoms with Crippen LogP contribution in [0.1, 0.15) is 67.7 Å². The lowest BCUT2D eigenvalue weighted by Gasteiger charge is -2.31. The van der Waals surface area contributed by atoms with Gasteiger partial charge in [-0.1, -0.05) is 31.0 Å². The fraction of sp³-hybridized carbons (Fsp3) is 0.455. The molecule has 3 aromatic rings. The molecular formula is C33H34N4O3S2. The lowest BCUT2D eigenvalue weighted by molar-refractivity contribution is -0.125. The molecule has 0 radical (unpaired) electrons.